The predicted molar refractivity (Wildman–Crippen MR) is 126 cm³/mol. The number of non-ortho nitro benzene ring substituents is 1. The lowest BCUT2D eigenvalue weighted by molar-refractivity contribution is -0.384. The molecule has 35 heavy (non-hydrogen) atoms. The maximum absolute atomic E-state index is 13.0. The first-order chi connectivity index (χ1) is 16.9. The highest BCUT2D eigenvalue weighted by molar-refractivity contribution is 6.39. The Bertz CT molecular complexity index is 1330. The Morgan fingerprint density at radius 2 is 1.69 bits per heavy atom. The molecule has 0 aromatic heterocycles. The van der Waals surface area contributed by atoms with E-state index in [1.54, 1.807) is 60.7 Å². The minimum atomic E-state index is -0.823. The molecule has 0 radical (unpaired) electrons. The number of rotatable bonds is 7. The fourth-order valence-corrected chi connectivity index (χ4v) is 3.40. The van der Waals surface area contributed by atoms with Crippen LogP contribution in [0.5, 0.6) is 11.5 Å². The first-order valence-electron chi connectivity index (χ1n) is 10.4. The van der Waals surface area contributed by atoms with Crippen LogP contribution >= 0.6 is 0 Å². The quantitative estimate of drug-likeness (QED) is 0.239. The van der Waals surface area contributed by atoms with Crippen molar-refractivity contribution in [3.8, 4) is 11.5 Å². The molecule has 4 amide bonds. The van der Waals surface area contributed by atoms with E-state index in [0.29, 0.717) is 22.7 Å². The number of nitro benzene ring substituents is 1. The minimum absolute atomic E-state index is 0.0162. The molecule has 0 unspecified atom stereocenters. The third-order valence-corrected chi connectivity index (χ3v) is 5.16. The zero-order valence-corrected chi connectivity index (χ0v) is 18.5. The van der Waals surface area contributed by atoms with Gasteiger partial charge in [-0.2, -0.15) is 0 Å². The van der Waals surface area contributed by atoms with E-state index in [1.807, 2.05) is 0 Å². The van der Waals surface area contributed by atoms with Crippen molar-refractivity contribution in [1.29, 1.82) is 0 Å². The number of anilines is 1. The van der Waals surface area contributed by atoms with Gasteiger partial charge in [0.1, 0.15) is 12.2 Å². The highest BCUT2D eigenvalue weighted by Gasteiger charge is 2.36. The van der Waals surface area contributed by atoms with Crippen molar-refractivity contribution in [3.05, 3.63) is 99.6 Å². The lowest BCUT2D eigenvalue weighted by atomic mass is 10.1. The van der Waals surface area contributed by atoms with Crippen molar-refractivity contribution in [3.63, 3.8) is 0 Å². The van der Waals surface area contributed by atoms with Crippen LogP contribution in [0.15, 0.2) is 78.4 Å². The van der Waals surface area contributed by atoms with Gasteiger partial charge in [-0.05, 0) is 53.6 Å². The molecule has 4 rings (SSSR count). The zero-order chi connectivity index (χ0) is 24.9. The number of nitrogens with zero attached hydrogens (tertiary/aromatic N) is 2. The standard InChI is InChI=1S/C25H19N3O7/c1-34-22-14-17(9-12-21(22)35-15-16-7-10-19(11-8-16)28(32)33)13-20-23(29)26-25(31)27(24(20)30)18-5-3-2-4-6-18/h2-14H,15H2,1H3,(H,26,29,31). The Hall–Kier alpha value is -4.99. The number of barbiturate groups is 1. The maximum atomic E-state index is 13.0. The van der Waals surface area contributed by atoms with Crippen LogP contribution in [0.4, 0.5) is 16.2 Å². The van der Waals surface area contributed by atoms with Crippen molar-refractivity contribution < 1.29 is 28.8 Å². The Morgan fingerprint density at radius 1 is 0.971 bits per heavy atom. The van der Waals surface area contributed by atoms with Crippen LogP contribution in [0.25, 0.3) is 6.08 Å². The number of para-hydroxylation sites is 1. The molecular weight excluding hydrogens is 454 g/mol. The second-order valence-corrected chi connectivity index (χ2v) is 7.42. The van der Waals surface area contributed by atoms with Crippen LogP contribution < -0.4 is 19.7 Å². The Balaban J connectivity index is 1.55. The lowest BCUT2D eigenvalue weighted by Gasteiger charge is -2.26. The number of methoxy groups -OCH3 is 1. The number of ether oxygens (including phenoxy) is 2. The van der Waals surface area contributed by atoms with Crippen molar-refractivity contribution in [2.75, 3.05) is 12.0 Å². The van der Waals surface area contributed by atoms with Gasteiger partial charge in [-0.25, -0.2) is 9.69 Å². The molecule has 1 heterocycles. The van der Waals surface area contributed by atoms with Crippen LogP contribution in [0, 0.1) is 10.1 Å². The minimum Gasteiger partial charge on any atom is -0.493 e. The smallest absolute Gasteiger partial charge is 0.335 e. The summed E-state index contributed by atoms with van der Waals surface area (Å²) >= 11 is 0. The van der Waals surface area contributed by atoms with Gasteiger partial charge in [0.2, 0.25) is 0 Å². The van der Waals surface area contributed by atoms with Gasteiger partial charge < -0.3 is 9.47 Å². The number of carbonyl (C=O) groups is 3. The van der Waals surface area contributed by atoms with E-state index in [2.05, 4.69) is 5.32 Å². The van der Waals surface area contributed by atoms with E-state index < -0.39 is 22.8 Å². The fraction of sp³-hybridized carbons (Fsp3) is 0.0800. The molecule has 3 aromatic carbocycles. The summed E-state index contributed by atoms with van der Waals surface area (Å²) in [6.45, 7) is 0.143. The van der Waals surface area contributed by atoms with Crippen molar-refractivity contribution >= 4 is 35.3 Å². The molecule has 10 heteroatoms. The van der Waals surface area contributed by atoms with Gasteiger partial charge in [0.15, 0.2) is 11.5 Å². The van der Waals surface area contributed by atoms with E-state index in [4.69, 9.17) is 9.47 Å². The summed E-state index contributed by atoms with van der Waals surface area (Å²) in [6, 6.07) is 18.2. The van der Waals surface area contributed by atoms with Gasteiger partial charge in [0.25, 0.3) is 17.5 Å². The average molecular weight is 473 g/mol. The molecule has 1 N–H and O–H groups in total. The second kappa shape index (κ2) is 9.87. The molecule has 1 aliphatic heterocycles. The summed E-state index contributed by atoms with van der Waals surface area (Å²) in [6.07, 6.45) is 1.36. The Labute approximate surface area is 199 Å². The van der Waals surface area contributed by atoms with E-state index in [1.165, 1.54) is 25.3 Å². The topological polar surface area (TPSA) is 128 Å². The number of hydrogen-bond acceptors (Lipinski definition) is 7. The van der Waals surface area contributed by atoms with Crippen molar-refractivity contribution in [2.45, 2.75) is 6.61 Å². The molecule has 0 aliphatic carbocycles. The summed E-state index contributed by atoms with van der Waals surface area (Å²) in [5, 5.41) is 13.0. The lowest BCUT2D eigenvalue weighted by Crippen LogP contribution is -2.54. The Kier molecular flexibility index (Phi) is 6.54. The normalized spacial score (nSPS) is 14.6. The van der Waals surface area contributed by atoms with E-state index >= 15 is 0 Å². The molecule has 10 nitrogen and oxygen atoms in total. The van der Waals surface area contributed by atoms with Gasteiger partial charge in [-0.1, -0.05) is 24.3 Å². The number of imide groups is 2. The number of carbonyl (C=O) groups excluding carboxylic acids is 3. The van der Waals surface area contributed by atoms with Gasteiger partial charge in [0, 0.05) is 12.1 Å². The second-order valence-electron chi connectivity index (χ2n) is 7.42. The van der Waals surface area contributed by atoms with Gasteiger partial charge in [-0.3, -0.25) is 25.0 Å². The molecule has 1 fully saturated rings. The SMILES string of the molecule is COc1cc(C=C2C(=O)NC(=O)N(c3ccccc3)C2=O)ccc1OCc1ccc([N+](=O)[O-])cc1. The van der Waals surface area contributed by atoms with Crippen LogP contribution in [-0.2, 0) is 16.2 Å². The van der Waals surface area contributed by atoms with E-state index in [0.717, 1.165) is 10.5 Å². The average Bonchev–Trinajstić information content (AvgIpc) is 2.86. The van der Waals surface area contributed by atoms with Gasteiger partial charge >= 0.3 is 6.03 Å². The molecule has 0 bridgehead atoms. The molecule has 3 aromatic rings. The number of amides is 4. The summed E-state index contributed by atoms with van der Waals surface area (Å²) in [5.74, 6) is -0.804. The first kappa shape index (κ1) is 23.2. The number of urea groups is 1. The monoisotopic (exact) mass is 473 g/mol. The maximum Gasteiger partial charge on any atom is 0.335 e. The molecule has 0 saturated carbocycles. The first-order valence-corrected chi connectivity index (χ1v) is 10.4. The molecule has 176 valence electrons. The number of nitrogens with one attached hydrogen (secondary N) is 1. The van der Waals surface area contributed by atoms with Crippen molar-refractivity contribution in [2.24, 2.45) is 0 Å². The molecular formula is C25H19N3O7. The Morgan fingerprint density at radius 3 is 2.34 bits per heavy atom. The summed E-state index contributed by atoms with van der Waals surface area (Å²) < 4.78 is 11.2. The van der Waals surface area contributed by atoms with Gasteiger partial charge in [-0.15, -0.1) is 0 Å². The fourth-order valence-electron chi connectivity index (χ4n) is 3.40. The van der Waals surface area contributed by atoms with Crippen LogP contribution in [-0.4, -0.2) is 29.9 Å². The van der Waals surface area contributed by atoms with Crippen molar-refractivity contribution in [1.82, 2.24) is 5.32 Å². The van der Waals surface area contributed by atoms with Gasteiger partial charge in [0.05, 0.1) is 17.7 Å². The van der Waals surface area contributed by atoms with Crippen LogP contribution in [0.1, 0.15) is 11.1 Å². The third-order valence-electron chi connectivity index (χ3n) is 5.16. The number of hydrogen-bond donors (Lipinski definition) is 1. The zero-order valence-electron chi connectivity index (χ0n) is 18.5. The van der Waals surface area contributed by atoms with Crippen LogP contribution in [0.3, 0.4) is 0 Å². The van der Waals surface area contributed by atoms with E-state index in [9.17, 15) is 24.5 Å². The predicted octanol–water partition coefficient (Wildman–Crippen LogP) is 3.85. The summed E-state index contributed by atoms with van der Waals surface area (Å²) in [7, 11) is 1.44. The molecule has 0 spiro atoms. The summed E-state index contributed by atoms with van der Waals surface area (Å²) in [5.41, 5.74) is 1.30. The highest BCUT2D eigenvalue weighted by atomic mass is 16.6. The number of benzene rings is 3. The third kappa shape index (κ3) is 5.01. The largest absolute Gasteiger partial charge is 0.493 e. The molecule has 0 atom stereocenters. The summed E-state index contributed by atoms with van der Waals surface area (Å²) in [4.78, 5) is 48.8. The van der Waals surface area contributed by atoms with E-state index in [-0.39, 0.29) is 17.9 Å². The molecule has 1 saturated heterocycles. The molecule has 1 aliphatic rings. The highest BCUT2D eigenvalue weighted by Crippen LogP contribution is 2.30. The van der Waals surface area contributed by atoms with Crippen LogP contribution in [0.2, 0.25) is 0 Å². The number of nitro groups is 1.